The smallest absolute Gasteiger partial charge is 0.217 e. The maximum atomic E-state index is 10.1. The minimum absolute atomic E-state index is 0.0301. The van der Waals surface area contributed by atoms with Gasteiger partial charge in [-0.15, -0.1) is 0 Å². The molecule has 1 N–H and O–H groups in total. The van der Waals surface area contributed by atoms with E-state index in [2.05, 4.69) is 17.9 Å². The molecule has 42 valence electrons. The van der Waals surface area contributed by atoms with Gasteiger partial charge in [0.1, 0.15) is 0 Å². The molecular formula is C4H9NOS. The Morgan fingerprint density at radius 1 is 1.86 bits per heavy atom. The van der Waals surface area contributed by atoms with Gasteiger partial charge < -0.3 is 5.32 Å². The van der Waals surface area contributed by atoms with Gasteiger partial charge in [-0.25, -0.2) is 0 Å². The second kappa shape index (κ2) is 2.91. The molecule has 3 heteroatoms. The van der Waals surface area contributed by atoms with Crippen molar-refractivity contribution in [2.45, 2.75) is 19.2 Å². The van der Waals surface area contributed by atoms with Gasteiger partial charge in [0.25, 0.3) is 0 Å². The largest absolute Gasteiger partial charge is 0.345 e. The van der Waals surface area contributed by atoms with Gasteiger partial charge in [-0.3, -0.25) is 4.79 Å². The van der Waals surface area contributed by atoms with Crippen LogP contribution in [-0.2, 0) is 4.79 Å². The zero-order chi connectivity index (χ0) is 5.86. The van der Waals surface area contributed by atoms with E-state index in [9.17, 15) is 4.79 Å². The van der Waals surface area contributed by atoms with Crippen LogP contribution in [0.5, 0.6) is 0 Å². The van der Waals surface area contributed by atoms with Crippen molar-refractivity contribution in [2.75, 3.05) is 0 Å². The molecule has 0 saturated heterocycles. The Hall–Kier alpha value is -0.180. The average Bonchev–Trinajstić information content (AvgIpc) is 1.27. The second-order valence-electron chi connectivity index (χ2n) is 1.38. The third kappa shape index (κ3) is 5.82. The van der Waals surface area contributed by atoms with Crippen molar-refractivity contribution >= 4 is 18.5 Å². The summed E-state index contributed by atoms with van der Waals surface area (Å²) in [7, 11) is 0. The predicted molar refractivity (Wildman–Crippen MR) is 32.3 cm³/mol. The molecule has 2 nitrogen and oxygen atoms in total. The van der Waals surface area contributed by atoms with E-state index in [1.165, 1.54) is 6.92 Å². The van der Waals surface area contributed by atoms with E-state index in [-0.39, 0.29) is 11.3 Å². The van der Waals surface area contributed by atoms with E-state index >= 15 is 0 Å². The van der Waals surface area contributed by atoms with Crippen LogP contribution in [0.15, 0.2) is 0 Å². The zero-order valence-corrected chi connectivity index (χ0v) is 5.33. The summed E-state index contributed by atoms with van der Waals surface area (Å²) < 4.78 is 0. The van der Waals surface area contributed by atoms with Crippen LogP contribution in [0.25, 0.3) is 0 Å². The molecule has 1 atom stereocenters. The zero-order valence-electron chi connectivity index (χ0n) is 4.43. The Bertz CT molecular complexity index is 72.1. The Labute approximate surface area is 48.7 Å². The minimum Gasteiger partial charge on any atom is -0.345 e. The molecule has 0 aliphatic rings. The highest BCUT2D eigenvalue weighted by Crippen LogP contribution is 1.82. The topological polar surface area (TPSA) is 29.1 Å². The molecule has 0 saturated carbocycles. The molecule has 0 aliphatic heterocycles. The lowest BCUT2D eigenvalue weighted by atomic mass is 10.6. The molecule has 0 aromatic rings. The summed E-state index contributed by atoms with van der Waals surface area (Å²) in [5.74, 6) is -0.0394. The number of carbonyl (C=O) groups excluding carboxylic acids is 1. The van der Waals surface area contributed by atoms with Gasteiger partial charge in [0.15, 0.2) is 0 Å². The first kappa shape index (κ1) is 6.82. The Morgan fingerprint density at radius 3 is 2.29 bits per heavy atom. The maximum absolute atomic E-state index is 10.1. The average molecular weight is 119 g/mol. The fourth-order valence-electron chi connectivity index (χ4n) is 0.294. The normalized spacial score (nSPS) is 13.0. The van der Waals surface area contributed by atoms with Crippen LogP contribution in [0.2, 0.25) is 0 Å². The van der Waals surface area contributed by atoms with Gasteiger partial charge >= 0.3 is 0 Å². The molecule has 0 aromatic carbocycles. The number of hydrogen-bond donors (Lipinski definition) is 2. The number of hydrogen-bond acceptors (Lipinski definition) is 2. The van der Waals surface area contributed by atoms with Crippen LogP contribution in [0.4, 0.5) is 0 Å². The van der Waals surface area contributed by atoms with Crippen LogP contribution in [0, 0.1) is 0 Å². The predicted octanol–water partition coefficient (Wildman–Crippen LogP) is 0.398. The highest BCUT2D eigenvalue weighted by Gasteiger charge is 1.91. The van der Waals surface area contributed by atoms with Crippen molar-refractivity contribution in [3.05, 3.63) is 0 Å². The molecule has 0 fully saturated rings. The van der Waals surface area contributed by atoms with Gasteiger partial charge in [-0.2, -0.15) is 12.6 Å². The van der Waals surface area contributed by atoms with Crippen LogP contribution >= 0.6 is 12.6 Å². The summed E-state index contributed by atoms with van der Waals surface area (Å²) in [6.45, 7) is 3.26. The SMILES string of the molecule is CC(=O)N[C@H](C)S. The van der Waals surface area contributed by atoms with Gasteiger partial charge in [0, 0.05) is 6.92 Å². The Balaban J connectivity index is 3.13. The van der Waals surface area contributed by atoms with Crippen LogP contribution in [0.3, 0.4) is 0 Å². The minimum atomic E-state index is -0.0394. The fourth-order valence-corrected chi connectivity index (χ4v) is 0.476. The van der Waals surface area contributed by atoms with Crippen LogP contribution < -0.4 is 5.32 Å². The number of rotatable bonds is 1. The van der Waals surface area contributed by atoms with Crippen molar-refractivity contribution in [3.63, 3.8) is 0 Å². The van der Waals surface area contributed by atoms with E-state index in [4.69, 9.17) is 0 Å². The summed E-state index contributed by atoms with van der Waals surface area (Å²) >= 11 is 3.91. The number of amides is 1. The summed E-state index contributed by atoms with van der Waals surface area (Å²) in [6, 6.07) is 0. The lowest BCUT2D eigenvalue weighted by molar-refractivity contribution is -0.119. The first-order valence-electron chi connectivity index (χ1n) is 2.08. The van der Waals surface area contributed by atoms with Gasteiger partial charge in [-0.05, 0) is 6.92 Å². The van der Waals surface area contributed by atoms with Crippen molar-refractivity contribution in [1.29, 1.82) is 0 Å². The van der Waals surface area contributed by atoms with Crippen molar-refractivity contribution < 1.29 is 4.79 Å². The Morgan fingerprint density at radius 2 is 2.29 bits per heavy atom. The number of carbonyl (C=O) groups is 1. The van der Waals surface area contributed by atoms with Crippen LogP contribution in [0.1, 0.15) is 13.8 Å². The van der Waals surface area contributed by atoms with Crippen molar-refractivity contribution in [3.8, 4) is 0 Å². The Kier molecular flexibility index (Phi) is 2.83. The van der Waals surface area contributed by atoms with E-state index in [1.54, 1.807) is 6.92 Å². The standard InChI is InChI=1S/C4H9NOS/c1-3(6)5-4(2)7/h4,7H,1-2H3,(H,5,6)/t4-/m0/s1. The molecule has 0 radical (unpaired) electrons. The van der Waals surface area contributed by atoms with E-state index in [0.29, 0.717) is 0 Å². The van der Waals surface area contributed by atoms with E-state index in [1.807, 2.05) is 0 Å². The molecule has 0 aliphatic carbocycles. The molecule has 1 amide bonds. The molecule has 0 spiro atoms. The molecule has 0 heterocycles. The van der Waals surface area contributed by atoms with Crippen LogP contribution in [-0.4, -0.2) is 11.3 Å². The highest BCUT2D eigenvalue weighted by atomic mass is 32.1. The molecule has 0 rings (SSSR count). The number of nitrogens with one attached hydrogen (secondary N) is 1. The van der Waals surface area contributed by atoms with Gasteiger partial charge in [0.2, 0.25) is 5.91 Å². The third-order valence-electron chi connectivity index (χ3n) is 0.412. The third-order valence-corrected chi connectivity index (χ3v) is 0.541. The summed E-state index contributed by atoms with van der Waals surface area (Å²) in [5.41, 5.74) is 0. The molecule has 0 bridgehead atoms. The quantitative estimate of drug-likeness (QED) is 0.379. The summed E-state index contributed by atoms with van der Waals surface area (Å²) in [4.78, 5) is 10.1. The maximum Gasteiger partial charge on any atom is 0.217 e. The monoisotopic (exact) mass is 119 g/mol. The van der Waals surface area contributed by atoms with E-state index in [0.717, 1.165) is 0 Å². The highest BCUT2D eigenvalue weighted by molar-refractivity contribution is 7.80. The summed E-state index contributed by atoms with van der Waals surface area (Å²) in [5, 5.41) is 2.50. The number of thiol groups is 1. The lowest BCUT2D eigenvalue weighted by Crippen LogP contribution is -2.25. The lowest BCUT2D eigenvalue weighted by Gasteiger charge is -2.01. The van der Waals surface area contributed by atoms with Crippen molar-refractivity contribution in [1.82, 2.24) is 5.32 Å². The van der Waals surface area contributed by atoms with Gasteiger partial charge in [-0.1, -0.05) is 0 Å². The second-order valence-corrected chi connectivity index (χ2v) is 2.15. The molecule has 7 heavy (non-hydrogen) atoms. The first-order valence-corrected chi connectivity index (χ1v) is 2.59. The van der Waals surface area contributed by atoms with Crippen molar-refractivity contribution in [2.24, 2.45) is 0 Å². The van der Waals surface area contributed by atoms with E-state index < -0.39 is 0 Å². The van der Waals surface area contributed by atoms with Gasteiger partial charge in [0.05, 0.1) is 5.37 Å². The molecule has 0 aromatic heterocycles. The summed E-state index contributed by atoms with van der Waals surface area (Å²) in [6.07, 6.45) is 0. The molecule has 0 unspecified atom stereocenters. The fraction of sp³-hybridized carbons (Fsp3) is 0.750. The first-order chi connectivity index (χ1) is 3.13. The molecular weight excluding hydrogens is 110 g/mol.